The molecule has 0 aliphatic carbocycles. The van der Waals surface area contributed by atoms with Crippen LogP contribution in [0.4, 0.5) is 5.69 Å². The molecule has 0 bridgehead atoms. The van der Waals surface area contributed by atoms with Crippen LogP contribution in [0.25, 0.3) is 0 Å². The normalized spacial score (nSPS) is 16.5. The van der Waals surface area contributed by atoms with E-state index in [1.165, 1.54) is 31.4 Å². The molecule has 1 atom stereocenters. The van der Waals surface area contributed by atoms with Crippen molar-refractivity contribution >= 4 is 27.6 Å². The number of nitrogens with one attached hydrogen (secondary N) is 1. The largest absolute Gasteiger partial charge is 0.495 e. The fraction of sp³-hybridized carbons (Fsp3) is 0.222. The van der Waals surface area contributed by atoms with E-state index in [2.05, 4.69) is 4.72 Å². The van der Waals surface area contributed by atoms with Crippen molar-refractivity contribution in [3.63, 3.8) is 0 Å². The van der Waals surface area contributed by atoms with Crippen molar-refractivity contribution < 1.29 is 32.2 Å². The van der Waals surface area contributed by atoms with Crippen LogP contribution in [0.15, 0.2) is 53.4 Å². The number of rotatable bonds is 6. The summed E-state index contributed by atoms with van der Waals surface area (Å²) in [6.45, 7) is 0.189. The Bertz CT molecular complexity index is 971. The van der Waals surface area contributed by atoms with Gasteiger partial charge < -0.3 is 14.2 Å². The molecular weight excluding hydrogens is 374 g/mol. The first-order valence-corrected chi connectivity index (χ1v) is 9.52. The minimum atomic E-state index is -3.97. The van der Waals surface area contributed by atoms with Gasteiger partial charge in [0.15, 0.2) is 0 Å². The Balaban J connectivity index is 1.81. The lowest BCUT2D eigenvalue weighted by Crippen LogP contribution is -2.23. The van der Waals surface area contributed by atoms with Crippen molar-refractivity contribution in [2.75, 3.05) is 18.4 Å². The number of carbonyl (C=O) groups excluding carboxylic acids is 2. The predicted octanol–water partition coefficient (Wildman–Crippen LogP) is 1.97. The second-order valence-electron chi connectivity index (χ2n) is 5.68. The molecule has 1 heterocycles. The van der Waals surface area contributed by atoms with Gasteiger partial charge in [0.25, 0.3) is 10.0 Å². The molecule has 0 radical (unpaired) electrons. The van der Waals surface area contributed by atoms with Gasteiger partial charge in [-0.05, 0) is 30.3 Å². The van der Waals surface area contributed by atoms with Gasteiger partial charge in [-0.3, -0.25) is 4.72 Å². The molecule has 0 unspecified atom stereocenters. The van der Waals surface area contributed by atoms with Gasteiger partial charge in [-0.15, -0.1) is 0 Å². The van der Waals surface area contributed by atoms with Crippen molar-refractivity contribution in [2.24, 2.45) is 0 Å². The van der Waals surface area contributed by atoms with Crippen LogP contribution >= 0.6 is 0 Å². The number of methoxy groups -OCH3 is 1. The van der Waals surface area contributed by atoms with E-state index >= 15 is 0 Å². The molecule has 0 spiro atoms. The van der Waals surface area contributed by atoms with E-state index in [4.69, 9.17) is 14.2 Å². The zero-order chi connectivity index (χ0) is 19.4. The van der Waals surface area contributed by atoms with E-state index in [0.29, 0.717) is 5.75 Å². The van der Waals surface area contributed by atoms with Crippen molar-refractivity contribution in [1.82, 2.24) is 0 Å². The number of sulfonamides is 1. The highest BCUT2D eigenvalue weighted by Crippen LogP contribution is 2.26. The average Bonchev–Trinajstić information content (AvgIpc) is 3.06. The van der Waals surface area contributed by atoms with Crippen LogP contribution in [0.5, 0.6) is 5.75 Å². The maximum absolute atomic E-state index is 12.6. The van der Waals surface area contributed by atoms with E-state index in [0.717, 1.165) is 0 Å². The average molecular weight is 391 g/mol. The van der Waals surface area contributed by atoms with E-state index in [1.807, 2.05) is 0 Å². The van der Waals surface area contributed by atoms with Crippen molar-refractivity contribution in [1.29, 1.82) is 0 Å². The fourth-order valence-corrected chi connectivity index (χ4v) is 3.62. The van der Waals surface area contributed by atoms with Gasteiger partial charge in [0.2, 0.25) is 6.10 Å². The Morgan fingerprint density at radius 1 is 1.19 bits per heavy atom. The molecule has 0 amide bonds. The molecule has 2 aromatic rings. The number of anilines is 1. The monoisotopic (exact) mass is 391 g/mol. The summed E-state index contributed by atoms with van der Waals surface area (Å²) in [4.78, 5) is 23.5. The number of carbonyl (C=O) groups is 2. The number of para-hydroxylation sites is 2. The van der Waals surface area contributed by atoms with Crippen LogP contribution in [-0.4, -0.2) is 40.2 Å². The third-order valence-corrected chi connectivity index (χ3v) is 5.23. The Morgan fingerprint density at radius 3 is 2.67 bits per heavy atom. The van der Waals surface area contributed by atoms with E-state index < -0.39 is 28.1 Å². The van der Waals surface area contributed by atoms with E-state index in [9.17, 15) is 18.0 Å². The minimum Gasteiger partial charge on any atom is -0.495 e. The quantitative estimate of drug-likeness (QED) is 0.750. The standard InChI is InChI=1S/C18H17NO7S/c1-24-15-8-3-2-7-14(15)19-27(22,23)13-6-4-5-12(11-13)17(20)26-16-9-10-25-18(16)21/h2-8,11,16,19H,9-10H2,1H3/t16-/m0/s1. The maximum atomic E-state index is 12.6. The van der Waals surface area contributed by atoms with Crippen LogP contribution in [0.2, 0.25) is 0 Å². The van der Waals surface area contributed by atoms with Crippen LogP contribution < -0.4 is 9.46 Å². The van der Waals surface area contributed by atoms with Gasteiger partial charge in [-0.25, -0.2) is 18.0 Å². The topological polar surface area (TPSA) is 108 Å². The van der Waals surface area contributed by atoms with Crippen molar-refractivity contribution in [2.45, 2.75) is 17.4 Å². The summed E-state index contributed by atoms with van der Waals surface area (Å²) >= 11 is 0. The Labute approximate surface area is 156 Å². The number of hydrogen-bond acceptors (Lipinski definition) is 7. The predicted molar refractivity (Wildman–Crippen MR) is 95.0 cm³/mol. The summed E-state index contributed by atoms with van der Waals surface area (Å²) < 4.78 is 42.7. The molecule has 142 valence electrons. The first-order chi connectivity index (χ1) is 12.9. The number of hydrogen-bond donors (Lipinski definition) is 1. The number of ether oxygens (including phenoxy) is 3. The summed E-state index contributed by atoms with van der Waals surface area (Å²) in [5.74, 6) is -1.05. The van der Waals surface area contributed by atoms with Gasteiger partial charge in [0.05, 0.1) is 29.9 Å². The Morgan fingerprint density at radius 2 is 1.96 bits per heavy atom. The van der Waals surface area contributed by atoms with Gasteiger partial charge >= 0.3 is 11.9 Å². The van der Waals surface area contributed by atoms with Gasteiger partial charge in [-0.2, -0.15) is 0 Å². The highest BCUT2D eigenvalue weighted by Gasteiger charge is 2.30. The molecule has 1 fully saturated rings. The summed E-state index contributed by atoms with van der Waals surface area (Å²) in [5, 5.41) is 0. The van der Waals surface area contributed by atoms with Gasteiger partial charge in [0.1, 0.15) is 5.75 Å². The molecule has 3 rings (SSSR count). The van der Waals surface area contributed by atoms with Crippen molar-refractivity contribution in [3.05, 3.63) is 54.1 Å². The zero-order valence-corrected chi connectivity index (χ0v) is 15.2. The summed E-state index contributed by atoms with van der Waals surface area (Å²) in [6.07, 6.45) is -0.692. The zero-order valence-electron chi connectivity index (χ0n) is 14.4. The molecule has 27 heavy (non-hydrogen) atoms. The maximum Gasteiger partial charge on any atom is 0.347 e. The van der Waals surface area contributed by atoms with Crippen molar-refractivity contribution in [3.8, 4) is 5.75 Å². The lowest BCUT2D eigenvalue weighted by molar-refractivity contribution is -0.145. The molecule has 1 aliphatic rings. The highest BCUT2D eigenvalue weighted by atomic mass is 32.2. The molecular formula is C18H17NO7S. The third kappa shape index (κ3) is 4.20. The second kappa shape index (κ2) is 7.67. The lowest BCUT2D eigenvalue weighted by Gasteiger charge is -2.12. The number of cyclic esters (lactones) is 1. The van der Waals surface area contributed by atoms with E-state index in [1.54, 1.807) is 24.3 Å². The smallest absolute Gasteiger partial charge is 0.347 e. The third-order valence-electron chi connectivity index (χ3n) is 3.87. The van der Waals surface area contributed by atoms with Crippen LogP contribution in [0.3, 0.4) is 0 Å². The Kier molecular flexibility index (Phi) is 5.31. The molecule has 8 nitrogen and oxygen atoms in total. The lowest BCUT2D eigenvalue weighted by atomic mass is 10.2. The SMILES string of the molecule is COc1ccccc1NS(=O)(=O)c1cccc(C(=O)O[C@H]2CCOC2=O)c1. The molecule has 9 heteroatoms. The summed E-state index contributed by atoms with van der Waals surface area (Å²) in [6, 6.07) is 11.9. The number of benzene rings is 2. The van der Waals surface area contributed by atoms with Crippen LogP contribution in [-0.2, 0) is 24.3 Å². The summed E-state index contributed by atoms with van der Waals surface area (Å²) in [7, 11) is -2.54. The fourth-order valence-electron chi connectivity index (χ4n) is 2.50. The molecule has 1 aliphatic heterocycles. The highest BCUT2D eigenvalue weighted by molar-refractivity contribution is 7.92. The summed E-state index contributed by atoms with van der Waals surface area (Å²) in [5.41, 5.74) is 0.277. The molecule has 2 aromatic carbocycles. The van der Waals surface area contributed by atoms with Crippen LogP contribution in [0, 0.1) is 0 Å². The molecule has 1 N–H and O–H groups in total. The van der Waals surface area contributed by atoms with Gasteiger partial charge in [0, 0.05) is 6.42 Å². The Hall–Kier alpha value is -3.07. The second-order valence-corrected chi connectivity index (χ2v) is 7.37. The molecule has 1 saturated heterocycles. The minimum absolute atomic E-state index is 0.0117. The molecule has 0 aromatic heterocycles. The van der Waals surface area contributed by atoms with Gasteiger partial charge in [-0.1, -0.05) is 18.2 Å². The molecule has 0 saturated carbocycles. The van der Waals surface area contributed by atoms with Crippen LogP contribution in [0.1, 0.15) is 16.8 Å². The number of esters is 2. The van der Waals surface area contributed by atoms with E-state index in [-0.39, 0.29) is 29.2 Å². The first kappa shape index (κ1) is 18.7. The first-order valence-electron chi connectivity index (χ1n) is 8.04.